The van der Waals surface area contributed by atoms with Crippen LogP contribution < -0.4 is 24.3 Å². The Balaban J connectivity index is 0.00000722. The summed E-state index contributed by atoms with van der Waals surface area (Å²) in [6.07, 6.45) is 9.30. The predicted octanol–water partition coefficient (Wildman–Crippen LogP) is 7.66. The van der Waals surface area contributed by atoms with E-state index in [1.807, 2.05) is 24.3 Å². The van der Waals surface area contributed by atoms with E-state index >= 15 is 0 Å². The van der Waals surface area contributed by atoms with Crippen LogP contribution in [0.3, 0.4) is 0 Å². The van der Waals surface area contributed by atoms with Crippen LogP contribution in [0.2, 0.25) is 0 Å². The summed E-state index contributed by atoms with van der Waals surface area (Å²) < 4.78 is 23.5. The van der Waals surface area contributed by atoms with Crippen molar-refractivity contribution in [2.24, 2.45) is 11.8 Å². The van der Waals surface area contributed by atoms with Crippen LogP contribution >= 0.6 is 8.58 Å². The summed E-state index contributed by atoms with van der Waals surface area (Å²) in [6, 6.07) is 11.3. The minimum atomic E-state index is -0.127. The van der Waals surface area contributed by atoms with Crippen molar-refractivity contribution in [2.45, 2.75) is 79.1 Å². The zero-order valence-corrected chi connectivity index (χ0v) is 25.7. The van der Waals surface area contributed by atoms with E-state index in [4.69, 9.17) is 18.9 Å². The van der Waals surface area contributed by atoms with Gasteiger partial charge in [-0.05, 0) is 57.5 Å². The zero-order valence-electron chi connectivity index (χ0n) is 24.7. The van der Waals surface area contributed by atoms with Gasteiger partial charge in [0.25, 0.3) is 0 Å². The summed E-state index contributed by atoms with van der Waals surface area (Å²) in [6.45, 7) is 10.2. The quantitative estimate of drug-likeness (QED) is 0.136. The number of benzene rings is 2. The number of methoxy groups -OCH3 is 2. The molecule has 1 radical (unpaired) electrons. The molecule has 0 N–H and O–H groups in total. The number of carbonyl (C=O) groups excluding carboxylic acids is 1. The maximum absolute atomic E-state index is 13.5. The van der Waals surface area contributed by atoms with Gasteiger partial charge in [0.05, 0.1) is 27.4 Å². The fourth-order valence-electron chi connectivity index (χ4n) is 4.29. The predicted molar refractivity (Wildman–Crippen MR) is 162 cm³/mol. The van der Waals surface area contributed by atoms with Crippen molar-refractivity contribution in [2.75, 3.05) is 27.4 Å². The summed E-state index contributed by atoms with van der Waals surface area (Å²) >= 11 is 0. The average molecular weight is 538 g/mol. The SMILES string of the molecule is CCCCC(CC)COc1ccc(PC(=O)c2c(OC)cccc2OC)c(OCC(CC)CCCC)c1.[Li]. The third kappa shape index (κ3) is 10.8. The van der Waals surface area contributed by atoms with Crippen molar-refractivity contribution >= 4 is 38.3 Å². The van der Waals surface area contributed by atoms with E-state index in [1.165, 1.54) is 32.1 Å². The second-order valence-electron chi connectivity index (χ2n) is 9.60. The van der Waals surface area contributed by atoms with Gasteiger partial charge in [-0.2, -0.15) is 0 Å². The van der Waals surface area contributed by atoms with Gasteiger partial charge in [-0.25, -0.2) is 0 Å². The number of hydrogen-bond donors (Lipinski definition) is 0. The van der Waals surface area contributed by atoms with Gasteiger partial charge in [-0.3, -0.25) is 4.79 Å². The second kappa shape index (κ2) is 19.4. The fourth-order valence-corrected chi connectivity index (χ4v) is 5.34. The van der Waals surface area contributed by atoms with Crippen LogP contribution in [0.15, 0.2) is 36.4 Å². The number of hydrogen-bond acceptors (Lipinski definition) is 5. The Bertz CT molecular complexity index is 930. The van der Waals surface area contributed by atoms with Gasteiger partial charge >= 0.3 is 0 Å². The maximum atomic E-state index is 13.5. The number of ether oxygens (including phenoxy) is 4. The zero-order chi connectivity index (χ0) is 27.0. The number of rotatable bonds is 19. The van der Waals surface area contributed by atoms with Gasteiger partial charge in [0, 0.05) is 30.2 Å². The van der Waals surface area contributed by atoms with Crippen molar-refractivity contribution in [3.05, 3.63) is 42.0 Å². The molecule has 0 amide bonds. The molecular formula is C31H47LiO5P. The first-order valence-corrected chi connectivity index (χ1v) is 14.9. The third-order valence-electron chi connectivity index (χ3n) is 6.90. The minimum Gasteiger partial charge on any atom is -0.496 e. The molecule has 7 heteroatoms. The molecule has 3 atom stereocenters. The van der Waals surface area contributed by atoms with Gasteiger partial charge in [0.2, 0.25) is 0 Å². The molecule has 5 nitrogen and oxygen atoms in total. The monoisotopic (exact) mass is 537 g/mol. The van der Waals surface area contributed by atoms with Gasteiger partial charge < -0.3 is 18.9 Å². The van der Waals surface area contributed by atoms with Crippen LogP contribution in [-0.4, -0.2) is 51.8 Å². The van der Waals surface area contributed by atoms with E-state index in [0.717, 1.165) is 36.1 Å². The molecular weight excluding hydrogens is 490 g/mol. The average Bonchev–Trinajstić information content (AvgIpc) is 2.93. The molecule has 0 aromatic heterocycles. The summed E-state index contributed by atoms with van der Waals surface area (Å²) in [5.41, 5.74) is 0.421. The van der Waals surface area contributed by atoms with E-state index in [0.29, 0.717) is 42.1 Å². The Hall–Kier alpha value is -1.66. The van der Waals surface area contributed by atoms with E-state index in [1.54, 1.807) is 26.4 Å². The summed E-state index contributed by atoms with van der Waals surface area (Å²) in [4.78, 5) is 13.5. The minimum absolute atomic E-state index is 0. The Morgan fingerprint density at radius 2 is 1.34 bits per heavy atom. The molecule has 2 aromatic carbocycles. The Morgan fingerprint density at radius 3 is 1.84 bits per heavy atom. The smallest absolute Gasteiger partial charge is 0.193 e. The molecule has 0 saturated carbocycles. The summed E-state index contributed by atoms with van der Waals surface area (Å²) in [7, 11) is 3.01. The van der Waals surface area contributed by atoms with Crippen molar-refractivity contribution in [1.82, 2.24) is 0 Å². The summed E-state index contributed by atoms with van der Waals surface area (Å²) in [5, 5.41) is 0.869. The topological polar surface area (TPSA) is 54.0 Å². The molecule has 0 bridgehead atoms. The van der Waals surface area contributed by atoms with Gasteiger partial charge in [-0.1, -0.05) is 72.3 Å². The third-order valence-corrected chi connectivity index (χ3v) is 8.06. The number of carbonyl (C=O) groups is 1. The molecule has 207 valence electrons. The first kappa shape index (κ1) is 34.4. The summed E-state index contributed by atoms with van der Waals surface area (Å²) in [5.74, 6) is 3.59. The molecule has 0 saturated heterocycles. The van der Waals surface area contributed by atoms with Crippen LogP contribution in [-0.2, 0) is 0 Å². The van der Waals surface area contributed by atoms with Crippen molar-refractivity contribution in [3.8, 4) is 23.0 Å². The molecule has 0 spiro atoms. The van der Waals surface area contributed by atoms with Crippen molar-refractivity contribution in [1.29, 1.82) is 0 Å². The normalized spacial score (nSPS) is 12.6. The molecule has 0 aliphatic carbocycles. The van der Waals surface area contributed by atoms with Crippen LogP contribution in [0.25, 0.3) is 0 Å². The van der Waals surface area contributed by atoms with Crippen molar-refractivity contribution in [3.63, 3.8) is 0 Å². The van der Waals surface area contributed by atoms with Crippen LogP contribution in [0.1, 0.15) is 89.4 Å². The largest absolute Gasteiger partial charge is 0.496 e. The Kier molecular flexibility index (Phi) is 17.5. The Morgan fingerprint density at radius 1 is 0.789 bits per heavy atom. The molecule has 0 heterocycles. The fraction of sp³-hybridized carbons (Fsp3) is 0.581. The van der Waals surface area contributed by atoms with Crippen LogP contribution in [0, 0.1) is 11.8 Å². The van der Waals surface area contributed by atoms with E-state index in [2.05, 4.69) is 27.7 Å². The molecule has 38 heavy (non-hydrogen) atoms. The van der Waals surface area contributed by atoms with Gasteiger partial charge in [0.1, 0.15) is 28.6 Å². The van der Waals surface area contributed by atoms with Crippen molar-refractivity contribution < 1.29 is 23.7 Å². The maximum Gasteiger partial charge on any atom is 0.193 e. The second-order valence-corrected chi connectivity index (χ2v) is 10.8. The van der Waals surface area contributed by atoms with E-state index < -0.39 is 0 Å². The molecule has 3 unspecified atom stereocenters. The molecule has 2 aromatic rings. The first-order chi connectivity index (χ1) is 18.0. The molecule has 0 fully saturated rings. The molecule has 2 rings (SSSR count). The van der Waals surface area contributed by atoms with Crippen LogP contribution in [0.4, 0.5) is 0 Å². The van der Waals surface area contributed by atoms with E-state index in [-0.39, 0.29) is 33.0 Å². The van der Waals surface area contributed by atoms with Gasteiger partial charge in [0.15, 0.2) is 5.52 Å². The molecule has 0 aliphatic rings. The standard InChI is InChI=1S/C31H47O5P.Li/c1-7-11-14-23(9-3)21-35-25-18-19-29(28(20-25)36-22-24(10-4)15-12-8-2)37-31(32)30-26(33-5)16-13-17-27(30)34-6;/h13,16-20,23-24,37H,7-12,14-15,21-22H2,1-6H3;. The molecule has 0 aliphatic heterocycles. The van der Waals surface area contributed by atoms with Crippen LogP contribution in [0.5, 0.6) is 23.0 Å². The van der Waals surface area contributed by atoms with E-state index in [9.17, 15) is 4.79 Å². The Labute approximate surface area is 244 Å². The first-order valence-electron chi connectivity index (χ1n) is 13.9. The number of unbranched alkanes of at least 4 members (excludes halogenated alkanes) is 2. The van der Waals surface area contributed by atoms with Gasteiger partial charge in [-0.15, -0.1) is 0 Å².